The molecule has 4 atom stereocenters. The Labute approximate surface area is 454 Å². The highest BCUT2D eigenvalue weighted by Crippen LogP contribution is 2.45. The number of benzene rings is 5. The summed E-state index contributed by atoms with van der Waals surface area (Å²) in [6.07, 6.45) is 5.85. The first-order valence-corrected chi connectivity index (χ1v) is 27.3. The molecule has 0 saturated carbocycles. The molecule has 0 N–H and O–H groups in total. The van der Waals surface area contributed by atoms with Crippen LogP contribution in [-0.2, 0) is 54.9 Å². The van der Waals surface area contributed by atoms with Crippen LogP contribution < -0.4 is 37.9 Å². The molecule has 0 radical (unpaired) electrons. The molecule has 0 amide bonds. The van der Waals surface area contributed by atoms with Crippen molar-refractivity contribution in [1.29, 1.82) is 0 Å². The number of likely N-dealkylation sites (N-methyl/N-ethyl adjacent to an activating group) is 2. The number of methoxy groups -OCH3 is 8. The monoisotopic (exact) mass is 1090 g/mol. The van der Waals surface area contributed by atoms with Crippen LogP contribution in [0.15, 0.2) is 95.9 Å². The van der Waals surface area contributed by atoms with Gasteiger partial charge in [0.25, 0.3) is 0 Å². The fourth-order valence-corrected chi connectivity index (χ4v) is 11.0. The Kier molecular flexibility index (Phi) is 21.3. The Morgan fingerprint density at radius 1 is 0.494 bits per heavy atom. The van der Waals surface area contributed by atoms with Crippen LogP contribution in [0.2, 0.25) is 0 Å². The number of ether oxygens (including phenoxy) is 10. The first kappa shape index (κ1) is 59.5. The molecular formula is C59H77N2O15S+. The van der Waals surface area contributed by atoms with Crippen molar-refractivity contribution in [3.8, 4) is 46.0 Å². The van der Waals surface area contributed by atoms with Gasteiger partial charge in [0.15, 0.2) is 46.0 Å². The van der Waals surface area contributed by atoms with Crippen molar-refractivity contribution in [2.75, 3.05) is 110 Å². The molecule has 0 fully saturated rings. The SMILES string of the molecule is COc1ccc(C[C@@H]2c3cc(OC)c(OC)cc3CC[N+]2(C)CCC(=O)OCCCCCOC(=O)CC[N+]2(C)CCc3cc(OC)c(OC)cc3[C@H]2Cc2ccc(OC)c(OC)c2)cc1OC.O=S(=O)([O-])c1ccccc1. The van der Waals surface area contributed by atoms with Crippen molar-refractivity contribution in [2.45, 2.75) is 74.8 Å². The molecule has 7 rings (SSSR count). The maximum atomic E-state index is 13.2. The molecule has 2 unspecified atom stereocenters. The molecule has 0 spiro atoms. The molecule has 2 aliphatic heterocycles. The summed E-state index contributed by atoms with van der Waals surface area (Å²) in [5, 5.41) is 0. The number of hydrogen-bond donors (Lipinski definition) is 0. The van der Waals surface area contributed by atoms with Crippen LogP contribution in [0.4, 0.5) is 0 Å². The highest BCUT2D eigenvalue weighted by atomic mass is 32.2. The lowest BCUT2D eigenvalue weighted by Gasteiger charge is -2.46. The molecule has 0 aliphatic carbocycles. The van der Waals surface area contributed by atoms with Gasteiger partial charge in [0.1, 0.15) is 22.2 Å². The van der Waals surface area contributed by atoms with Crippen LogP contribution in [0, 0.1) is 0 Å². The second-order valence-electron chi connectivity index (χ2n) is 19.8. The molecule has 0 bridgehead atoms. The molecule has 17 nitrogen and oxygen atoms in total. The lowest BCUT2D eigenvalue weighted by molar-refractivity contribution is -0.940. The van der Waals surface area contributed by atoms with E-state index in [4.69, 9.17) is 47.4 Å². The van der Waals surface area contributed by atoms with Crippen molar-refractivity contribution in [1.82, 2.24) is 0 Å². The van der Waals surface area contributed by atoms with E-state index in [-0.39, 0.29) is 28.9 Å². The van der Waals surface area contributed by atoms with Crippen LogP contribution >= 0.6 is 0 Å². The smallest absolute Gasteiger partial charge is 0.311 e. The van der Waals surface area contributed by atoms with Gasteiger partial charge >= 0.3 is 11.9 Å². The van der Waals surface area contributed by atoms with E-state index < -0.39 is 10.1 Å². The molecule has 2 heterocycles. The second kappa shape index (κ2) is 27.5. The quantitative estimate of drug-likeness (QED) is 0.0234. The molecule has 77 heavy (non-hydrogen) atoms. The molecule has 5 aromatic carbocycles. The molecule has 2 aliphatic rings. The number of nitrogens with zero attached hydrogens (tertiary/aromatic N) is 2. The van der Waals surface area contributed by atoms with E-state index in [0.29, 0.717) is 107 Å². The van der Waals surface area contributed by atoms with Crippen molar-refractivity contribution in [3.63, 3.8) is 0 Å². The average Bonchev–Trinajstić information content (AvgIpc) is 3.46. The summed E-state index contributed by atoms with van der Waals surface area (Å²) in [6, 6.07) is 27.7. The highest BCUT2D eigenvalue weighted by Gasteiger charge is 2.42. The molecule has 18 heteroatoms. The van der Waals surface area contributed by atoms with E-state index in [1.807, 2.05) is 24.3 Å². The fraction of sp³-hybridized carbons (Fsp3) is 0.458. The van der Waals surface area contributed by atoms with E-state index in [2.05, 4.69) is 50.5 Å². The maximum Gasteiger partial charge on any atom is 0.311 e. The first-order valence-electron chi connectivity index (χ1n) is 25.9. The van der Waals surface area contributed by atoms with Crippen molar-refractivity contribution < 1.29 is 78.9 Å². The number of carbonyl (C=O) groups excluding carboxylic acids is 2. The fourth-order valence-electron chi connectivity index (χ4n) is 10.5. The van der Waals surface area contributed by atoms with Crippen molar-refractivity contribution in [2.24, 2.45) is 0 Å². The second-order valence-corrected chi connectivity index (χ2v) is 21.1. The van der Waals surface area contributed by atoms with Gasteiger partial charge in [-0.3, -0.25) is 9.59 Å². The van der Waals surface area contributed by atoms with Gasteiger partial charge in [0.05, 0.1) is 128 Å². The lowest BCUT2D eigenvalue weighted by Crippen LogP contribution is -2.53. The van der Waals surface area contributed by atoms with Crippen molar-refractivity contribution in [3.05, 3.63) is 124 Å². The van der Waals surface area contributed by atoms with Crippen LogP contribution in [0.5, 0.6) is 46.0 Å². The summed E-state index contributed by atoms with van der Waals surface area (Å²) < 4.78 is 88.7. The Hall–Kier alpha value is -6.73. The van der Waals surface area contributed by atoms with E-state index in [0.717, 1.165) is 56.3 Å². The Morgan fingerprint density at radius 2 is 0.857 bits per heavy atom. The predicted molar refractivity (Wildman–Crippen MR) is 290 cm³/mol. The van der Waals surface area contributed by atoms with Gasteiger partial charge in [-0.15, -0.1) is 0 Å². The van der Waals surface area contributed by atoms with Crippen LogP contribution in [0.3, 0.4) is 0 Å². The maximum absolute atomic E-state index is 13.2. The third-order valence-electron chi connectivity index (χ3n) is 15.1. The number of fused-ring (bicyclic) bond motifs is 2. The van der Waals surface area contributed by atoms with Gasteiger partial charge in [0, 0.05) is 36.8 Å². The van der Waals surface area contributed by atoms with E-state index in [1.54, 1.807) is 62.9 Å². The summed E-state index contributed by atoms with van der Waals surface area (Å²) in [4.78, 5) is 26.2. The molecule has 5 aromatic rings. The standard InChI is InChI=1S/C53H72N2O12.C6H6O3S/c1-54(22-18-38-32-48(62-7)50(64-9)34-40(38)42(54)28-36-14-16-44(58-3)46(30-36)60-5)24-20-52(56)66-26-12-11-13-27-67-53(57)21-25-55(2)23-19-39-33-49(63-8)51(65-10)35-41(39)43(55)29-37-15-17-45(59-4)47(31-37)61-6;7-10(8,9)6-4-2-1-3-5-6/h14-17,30-35,42-43H,11-13,18-29H2,1-10H3;1-5H,(H,7,8,9)/q+2;/p-1/t42-,43-,54?,55?;/m1./s1. The van der Waals surface area contributed by atoms with Gasteiger partial charge in [-0.25, -0.2) is 8.42 Å². The lowest BCUT2D eigenvalue weighted by atomic mass is 9.86. The molecule has 0 aromatic heterocycles. The summed E-state index contributed by atoms with van der Waals surface area (Å²) in [5.41, 5.74) is 7.00. The van der Waals surface area contributed by atoms with Gasteiger partial charge in [-0.05, 0) is 102 Å². The minimum atomic E-state index is -4.25. The van der Waals surface area contributed by atoms with Crippen molar-refractivity contribution >= 4 is 22.1 Å². The van der Waals surface area contributed by atoms with Gasteiger partial charge < -0.3 is 60.9 Å². The zero-order valence-corrected chi connectivity index (χ0v) is 47.2. The number of quaternary nitrogens is 2. The number of hydrogen-bond acceptors (Lipinski definition) is 15. The summed E-state index contributed by atoms with van der Waals surface area (Å²) >= 11 is 0. The molecule has 0 saturated heterocycles. The zero-order chi connectivity index (χ0) is 55.8. The van der Waals surface area contributed by atoms with E-state index in [9.17, 15) is 22.6 Å². The summed E-state index contributed by atoms with van der Waals surface area (Å²) in [6.45, 7) is 3.57. The molecule has 418 valence electrons. The minimum absolute atomic E-state index is 0.0393. The van der Waals surface area contributed by atoms with E-state index in [1.165, 1.54) is 46.5 Å². The third kappa shape index (κ3) is 15.3. The Bertz CT molecular complexity index is 2720. The topological polar surface area (TPSA) is 184 Å². The highest BCUT2D eigenvalue weighted by molar-refractivity contribution is 7.85. The average molecular weight is 1090 g/mol. The normalized spacial score (nSPS) is 18.5. The number of carbonyl (C=O) groups is 2. The predicted octanol–water partition coefficient (Wildman–Crippen LogP) is 8.66. The van der Waals surface area contributed by atoms with Gasteiger partial charge in [-0.1, -0.05) is 30.3 Å². The number of unbranched alkanes of at least 4 members (excludes halogenated alkanes) is 2. The number of esters is 2. The summed E-state index contributed by atoms with van der Waals surface area (Å²) in [5.74, 6) is 5.06. The van der Waals surface area contributed by atoms with Crippen LogP contribution in [0.25, 0.3) is 0 Å². The third-order valence-corrected chi connectivity index (χ3v) is 15.9. The number of rotatable bonds is 25. The van der Waals surface area contributed by atoms with Gasteiger partial charge in [0.2, 0.25) is 0 Å². The Morgan fingerprint density at radius 3 is 1.21 bits per heavy atom. The van der Waals surface area contributed by atoms with Crippen LogP contribution in [-0.4, -0.2) is 144 Å². The Balaban J connectivity index is 0.000000861. The minimum Gasteiger partial charge on any atom is -0.744 e. The molecular weight excluding hydrogens is 1010 g/mol. The zero-order valence-electron chi connectivity index (χ0n) is 46.3. The summed E-state index contributed by atoms with van der Waals surface area (Å²) in [7, 11) is 13.4. The van der Waals surface area contributed by atoms with Crippen LogP contribution in [0.1, 0.15) is 77.6 Å². The first-order chi connectivity index (χ1) is 37.0. The van der Waals surface area contributed by atoms with E-state index >= 15 is 0 Å². The largest absolute Gasteiger partial charge is 0.744 e. The van der Waals surface area contributed by atoms with Gasteiger partial charge in [-0.2, -0.15) is 0 Å².